The Morgan fingerprint density at radius 3 is 2.75 bits per heavy atom. The Labute approximate surface area is 207 Å². The van der Waals surface area contributed by atoms with Crippen molar-refractivity contribution in [1.82, 2.24) is 24.6 Å². The Bertz CT molecular complexity index is 1330. The summed E-state index contributed by atoms with van der Waals surface area (Å²) in [6.45, 7) is 3.28. The molecule has 36 heavy (non-hydrogen) atoms. The minimum absolute atomic E-state index is 0.0533. The van der Waals surface area contributed by atoms with Gasteiger partial charge in [0.25, 0.3) is 0 Å². The highest BCUT2D eigenvalue weighted by molar-refractivity contribution is 7.52. The van der Waals surface area contributed by atoms with Gasteiger partial charge >= 0.3 is 13.7 Å². The fourth-order valence-corrected chi connectivity index (χ4v) is 5.74. The molecule has 4 N–H and O–H groups in total. The second-order valence-corrected chi connectivity index (χ2v) is 10.6. The number of carboxylic acid groups (broad SMARTS) is 1. The van der Waals surface area contributed by atoms with Gasteiger partial charge in [-0.05, 0) is 31.9 Å². The number of nitrogens with two attached hydrogens (primary N) is 1. The van der Waals surface area contributed by atoms with Gasteiger partial charge in [-0.2, -0.15) is 15.1 Å². The molecule has 13 heteroatoms. The van der Waals surface area contributed by atoms with Crippen LogP contribution >= 0.6 is 7.75 Å². The lowest BCUT2D eigenvalue weighted by molar-refractivity contribution is -0.138. The predicted molar refractivity (Wildman–Crippen MR) is 134 cm³/mol. The van der Waals surface area contributed by atoms with E-state index in [0.29, 0.717) is 23.3 Å². The van der Waals surface area contributed by atoms with Gasteiger partial charge in [0.1, 0.15) is 11.8 Å². The molecule has 0 bridgehead atoms. The molecule has 0 spiro atoms. The van der Waals surface area contributed by atoms with Crippen molar-refractivity contribution in [2.45, 2.75) is 31.8 Å². The average Bonchev–Trinajstić information content (AvgIpc) is 3.44. The lowest BCUT2D eigenvalue weighted by Gasteiger charge is -2.32. The Hall–Kier alpha value is -3.47. The fourth-order valence-electron chi connectivity index (χ4n) is 4.19. The Kier molecular flexibility index (Phi) is 6.65. The van der Waals surface area contributed by atoms with Crippen molar-refractivity contribution in [1.29, 1.82) is 0 Å². The highest BCUT2D eigenvalue weighted by Gasteiger charge is 2.33. The first-order valence-electron chi connectivity index (χ1n) is 11.7. The number of anilines is 2. The largest absolute Gasteiger partial charge is 0.480 e. The first kappa shape index (κ1) is 24.2. The zero-order valence-corrected chi connectivity index (χ0v) is 20.6. The fraction of sp³-hybridized carbons (Fsp3) is 0.391. The molecule has 3 heterocycles. The maximum absolute atomic E-state index is 13.4. The summed E-state index contributed by atoms with van der Waals surface area (Å²) in [5.41, 5.74) is 7.37. The van der Waals surface area contributed by atoms with Crippen molar-refractivity contribution in [3.8, 4) is 5.75 Å². The molecule has 2 aromatic heterocycles. The van der Waals surface area contributed by atoms with Crippen molar-refractivity contribution in [3.05, 3.63) is 48.8 Å². The highest BCUT2D eigenvalue weighted by Crippen LogP contribution is 2.46. The van der Waals surface area contributed by atoms with E-state index in [0.717, 1.165) is 25.3 Å². The van der Waals surface area contributed by atoms with Crippen molar-refractivity contribution >= 4 is 36.6 Å². The number of para-hydroxylation sites is 1. The number of allylic oxidation sites excluding steroid dienone is 1. The Morgan fingerprint density at radius 2 is 2.06 bits per heavy atom. The van der Waals surface area contributed by atoms with E-state index in [1.54, 1.807) is 36.7 Å². The summed E-state index contributed by atoms with van der Waals surface area (Å²) in [5.74, 6) is 0.0109. The lowest BCUT2D eigenvalue weighted by atomic mass is 10.1. The first-order chi connectivity index (χ1) is 17.3. The minimum atomic E-state index is -3.97. The molecule has 1 unspecified atom stereocenters. The quantitative estimate of drug-likeness (QED) is 0.270. The molecule has 1 aliphatic heterocycles. The molecule has 5 rings (SSSR count). The van der Waals surface area contributed by atoms with Crippen LogP contribution in [0, 0.1) is 5.92 Å². The summed E-state index contributed by atoms with van der Waals surface area (Å²) in [6.07, 6.45) is 7.49. The number of hydrogen-bond donors (Lipinski definition) is 3. The molecule has 1 saturated heterocycles. The summed E-state index contributed by atoms with van der Waals surface area (Å²) in [5, 5.41) is 11.8. The average molecular weight is 513 g/mol. The second-order valence-electron chi connectivity index (χ2n) is 8.90. The zero-order chi connectivity index (χ0) is 25.3. The summed E-state index contributed by atoms with van der Waals surface area (Å²) < 4.78 is 26.7. The summed E-state index contributed by atoms with van der Waals surface area (Å²) >= 11 is 0. The Balaban J connectivity index is 1.28. The topological polar surface area (TPSA) is 158 Å². The number of aliphatic carboxylic acids is 1. The molecule has 3 aromatic rings. The van der Waals surface area contributed by atoms with Crippen LogP contribution in [-0.4, -0.2) is 56.3 Å². The second kappa shape index (κ2) is 9.88. The van der Waals surface area contributed by atoms with Crippen molar-refractivity contribution in [2.75, 3.05) is 30.3 Å². The van der Waals surface area contributed by atoms with Crippen LogP contribution < -0.4 is 20.2 Å². The molecule has 2 aliphatic rings. The summed E-state index contributed by atoms with van der Waals surface area (Å²) in [6, 6.07) is 7.31. The SMILES string of the molecule is CC(N[P@@](=O)(OC[C@@H]1C=C[C@H](n2cnc3c(N4CCC4)nc(N)nc32)C1)Oc1ccccc1)C(=O)O. The third-order valence-electron chi connectivity index (χ3n) is 6.23. The summed E-state index contributed by atoms with van der Waals surface area (Å²) in [7, 11) is -3.97. The number of fused-ring (bicyclic) bond motifs is 1. The molecular formula is C23H28N7O5P. The molecular weight excluding hydrogens is 485 g/mol. The van der Waals surface area contributed by atoms with Gasteiger partial charge in [-0.1, -0.05) is 30.4 Å². The molecule has 1 aromatic carbocycles. The van der Waals surface area contributed by atoms with Crippen LogP contribution in [0.5, 0.6) is 5.75 Å². The molecule has 0 amide bonds. The number of nitrogen functional groups attached to an aromatic ring is 1. The van der Waals surface area contributed by atoms with Gasteiger partial charge in [-0.15, -0.1) is 0 Å². The minimum Gasteiger partial charge on any atom is -0.480 e. The van der Waals surface area contributed by atoms with E-state index >= 15 is 0 Å². The van der Waals surface area contributed by atoms with E-state index in [2.05, 4.69) is 24.9 Å². The van der Waals surface area contributed by atoms with Gasteiger partial charge in [-0.3, -0.25) is 9.32 Å². The van der Waals surface area contributed by atoms with Crippen molar-refractivity contribution < 1.29 is 23.5 Å². The van der Waals surface area contributed by atoms with Crippen molar-refractivity contribution in [3.63, 3.8) is 0 Å². The maximum atomic E-state index is 13.4. The highest BCUT2D eigenvalue weighted by atomic mass is 31.2. The van der Waals surface area contributed by atoms with Gasteiger partial charge in [0.15, 0.2) is 17.0 Å². The van der Waals surface area contributed by atoms with Crippen molar-refractivity contribution in [2.24, 2.45) is 5.92 Å². The smallest absolute Gasteiger partial charge is 0.459 e. The van der Waals surface area contributed by atoms with Gasteiger partial charge in [-0.25, -0.2) is 9.55 Å². The molecule has 1 fully saturated rings. The Morgan fingerprint density at radius 1 is 1.28 bits per heavy atom. The van der Waals surface area contributed by atoms with E-state index in [4.69, 9.17) is 14.8 Å². The zero-order valence-electron chi connectivity index (χ0n) is 19.7. The van der Waals surface area contributed by atoms with Gasteiger partial charge in [0, 0.05) is 19.0 Å². The van der Waals surface area contributed by atoms with Gasteiger partial charge in [0.2, 0.25) is 5.95 Å². The van der Waals surface area contributed by atoms with Crippen LogP contribution in [0.15, 0.2) is 48.8 Å². The van der Waals surface area contributed by atoms with Crippen LogP contribution in [0.3, 0.4) is 0 Å². The molecule has 190 valence electrons. The first-order valence-corrected chi connectivity index (χ1v) is 13.3. The lowest BCUT2D eigenvalue weighted by Crippen LogP contribution is -2.38. The van der Waals surface area contributed by atoms with Crippen LogP contribution in [0.2, 0.25) is 0 Å². The standard InChI is InChI=1S/C23H28N7O5P/c1-15(22(31)32)28-36(33,35-18-6-3-2-4-7-18)34-13-16-8-9-17(12-16)30-14-25-19-20(29-10-5-11-29)26-23(24)27-21(19)30/h2-4,6-9,14-17H,5,10-13H2,1H3,(H,28,33)(H,31,32)(H2,24,26,27)/t15?,16-,17+,36-/m1/s1. The maximum Gasteiger partial charge on any atom is 0.459 e. The number of hydrogen-bond acceptors (Lipinski definition) is 9. The van der Waals surface area contributed by atoms with Crippen LogP contribution in [0.1, 0.15) is 25.8 Å². The monoisotopic (exact) mass is 513 g/mol. The third-order valence-corrected chi connectivity index (χ3v) is 7.88. The number of carbonyl (C=O) groups is 1. The molecule has 12 nitrogen and oxygen atoms in total. The van der Waals surface area contributed by atoms with Gasteiger partial charge in [0.05, 0.1) is 19.0 Å². The number of carboxylic acids is 1. The molecule has 0 radical (unpaired) electrons. The van der Waals surface area contributed by atoms with Crippen LogP contribution in [0.25, 0.3) is 11.2 Å². The number of nitrogens with zero attached hydrogens (tertiary/aromatic N) is 5. The number of nitrogens with one attached hydrogen (secondary N) is 1. The van der Waals surface area contributed by atoms with Gasteiger partial charge < -0.3 is 24.8 Å². The van der Waals surface area contributed by atoms with E-state index in [1.165, 1.54) is 6.92 Å². The van der Waals surface area contributed by atoms with E-state index < -0.39 is 19.8 Å². The normalized spacial score (nSPS) is 21.8. The number of imidazole rings is 1. The molecule has 0 saturated carbocycles. The van der Waals surface area contributed by atoms with E-state index in [9.17, 15) is 14.5 Å². The van der Waals surface area contributed by atoms with Crippen LogP contribution in [0.4, 0.5) is 11.8 Å². The molecule has 1 aliphatic carbocycles. The van der Waals surface area contributed by atoms with E-state index in [-0.39, 0.29) is 24.5 Å². The number of rotatable bonds is 10. The number of aromatic nitrogens is 4. The molecule has 4 atom stereocenters. The van der Waals surface area contributed by atoms with Crippen LogP contribution in [-0.2, 0) is 13.9 Å². The van der Waals surface area contributed by atoms with E-state index in [1.807, 2.05) is 16.7 Å². The predicted octanol–water partition coefficient (Wildman–Crippen LogP) is 3.00. The number of benzene rings is 1. The summed E-state index contributed by atoms with van der Waals surface area (Å²) in [4.78, 5) is 26.9. The third kappa shape index (κ3) is 5.06.